The highest BCUT2D eigenvalue weighted by Crippen LogP contribution is 2.23. The van der Waals surface area contributed by atoms with E-state index in [1.54, 1.807) is 6.20 Å². The van der Waals surface area contributed by atoms with Crippen LogP contribution in [0.25, 0.3) is 5.57 Å². The lowest BCUT2D eigenvalue weighted by Gasteiger charge is -2.07. The lowest BCUT2D eigenvalue weighted by molar-refractivity contribution is 0.596. The predicted molar refractivity (Wildman–Crippen MR) is 64.9 cm³/mol. The Hall–Kier alpha value is -0.800. The molecule has 84 valence electrons. The van der Waals surface area contributed by atoms with Crippen LogP contribution >= 0.6 is 11.6 Å². The van der Waals surface area contributed by atoms with Gasteiger partial charge in [0.1, 0.15) is 0 Å². The SMILES string of the molecule is CCCn1ncc(Cl)c1C(C)=CCCN. The van der Waals surface area contributed by atoms with Gasteiger partial charge in [0.15, 0.2) is 0 Å². The fourth-order valence-corrected chi connectivity index (χ4v) is 1.82. The number of hydrogen-bond acceptors (Lipinski definition) is 2. The molecule has 15 heavy (non-hydrogen) atoms. The minimum absolute atomic E-state index is 0.664. The van der Waals surface area contributed by atoms with E-state index in [-0.39, 0.29) is 0 Å². The smallest absolute Gasteiger partial charge is 0.0862 e. The molecule has 0 aliphatic rings. The third-order valence-electron chi connectivity index (χ3n) is 2.22. The highest BCUT2D eigenvalue weighted by atomic mass is 35.5. The van der Waals surface area contributed by atoms with Crippen LogP contribution < -0.4 is 5.73 Å². The first-order chi connectivity index (χ1) is 7.20. The molecule has 3 nitrogen and oxygen atoms in total. The quantitative estimate of drug-likeness (QED) is 0.841. The Labute approximate surface area is 95.9 Å². The average molecular weight is 228 g/mol. The summed E-state index contributed by atoms with van der Waals surface area (Å²) in [5.74, 6) is 0. The number of aryl methyl sites for hydroxylation is 1. The maximum Gasteiger partial charge on any atom is 0.0862 e. The van der Waals surface area contributed by atoms with Gasteiger partial charge in [-0.1, -0.05) is 24.6 Å². The van der Waals surface area contributed by atoms with E-state index >= 15 is 0 Å². The summed E-state index contributed by atoms with van der Waals surface area (Å²) in [6.07, 6.45) is 5.73. The standard InChI is InChI=1S/C11H18ClN3/c1-3-7-15-11(10(12)8-14-15)9(2)5-4-6-13/h5,8H,3-4,6-7,13H2,1-2H3. The zero-order valence-electron chi connectivity index (χ0n) is 9.33. The molecule has 0 aromatic carbocycles. The molecule has 0 aliphatic carbocycles. The first kappa shape index (κ1) is 12.3. The predicted octanol–water partition coefficient (Wildman–Crippen LogP) is 2.70. The highest BCUT2D eigenvalue weighted by Gasteiger charge is 2.09. The van der Waals surface area contributed by atoms with Crippen LogP contribution in [0, 0.1) is 0 Å². The monoisotopic (exact) mass is 227 g/mol. The van der Waals surface area contributed by atoms with Crippen LogP contribution in [0.15, 0.2) is 12.3 Å². The summed E-state index contributed by atoms with van der Waals surface area (Å²) in [6.45, 7) is 5.73. The van der Waals surface area contributed by atoms with Gasteiger partial charge in [-0.25, -0.2) is 0 Å². The summed E-state index contributed by atoms with van der Waals surface area (Å²) in [7, 11) is 0. The van der Waals surface area contributed by atoms with Gasteiger partial charge in [0.2, 0.25) is 0 Å². The van der Waals surface area contributed by atoms with E-state index in [1.165, 1.54) is 0 Å². The molecule has 0 fully saturated rings. The topological polar surface area (TPSA) is 43.8 Å². The highest BCUT2D eigenvalue weighted by molar-refractivity contribution is 6.32. The zero-order chi connectivity index (χ0) is 11.3. The van der Waals surface area contributed by atoms with Crippen molar-refractivity contribution < 1.29 is 0 Å². The first-order valence-electron chi connectivity index (χ1n) is 5.29. The minimum Gasteiger partial charge on any atom is -0.330 e. The van der Waals surface area contributed by atoms with Crippen LogP contribution in [0.1, 0.15) is 32.4 Å². The van der Waals surface area contributed by atoms with Crippen LogP contribution in [0.3, 0.4) is 0 Å². The average Bonchev–Trinajstić information content (AvgIpc) is 2.57. The van der Waals surface area contributed by atoms with Gasteiger partial charge in [0, 0.05) is 6.54 Å². The van der Waals surface area contributed by atoms with E-state index < -0.39 is 0 Å². The van der Waals surface area contributed by atoms with Crippen molar-refractivity contribution in [2.24, 2.45) is 5.73 Å². The normalized spacial score (nSPS) is 12.1. The second kappa shape index (κ2) is 5.93. The Morgan fingerprint density at radius 1 is 1.67 bits per heavy atom. The Morgan fingerprint density at radius 3 is 3.00 bits per heavy atom. The van der Waals surface area contributed by atoms with E-state index in [9.17, 15) is 0 Å². The molecule has 0 bridgehead atoms. The molecule has 0 spiro atoms. The summed E-state index contributed by atoms with van der Waals surface area (Å²) in [6, 6.07) is 0. The summed E-state index contributed by atoms with van der Waals surface area (Å²) < 4.78 is 1.95. The molecular formula is C11H18ClN3. The van der Waals surface area contributed by atoms with Crippen LogP contribution in [0.4, 0.5) is 0 Å². The van der Waals surface area contributed by atoms with Gasteiger partial charge in [-0.3, -0.25) is 4.68 Å². The van der Waals surface area contributed by atoms with E-state index in [0.717, 1.165) is 30.7 Å². The molecule has 0 atom stereocenters. The number of hydrogen-bond donors (Lipinski definition) is 1. The van der Waals surface area contributed by atoms with Gasteiger partial charge in [-0.15, -0.1) is 0 Å². The number of rotatable bonds is 5. The van der Waals surface area contributed by atoms with Gasteiger partial charge >= 0.3 is 0 Å². The van der Waals surface area contributed by atoms with Gasteiger partial charge in [0.05, 0.1) is 16.9 Å². The van der Waals surface area contributed by atoms with Gasteiger partial charge in [0.25, 0.3) is 0 Å². The van der Waals surface area contributed by atoms with Gasteiger partial charge in [-0.2, -0.15) is 5.10 Å². The fourth-order valence-electron chi connectivity index (χ4n) is 1.53. The molecule has 4 heteroatoms. The molecule has 0 saturated carbocycles. The van der Waals surface area contributed by atoms with E-state index in [4.69, 9.17) is 17.3 Å². The Morgan fingerprint density at radius 2 is 2.40 bits per heavy atom. The molecule has 1 heterocycles. The molecule has 0 saturated heterocycles. The molecule has 1 aromatic rings. The molecule has 0 aliphatic heterocycles. The fraction of sp³-hybridized carbons (Fsp3) is 0.545. The van der Waals surface area contributed by atoms with Crippen molar-refractivity contribution in [3.63, 3.8) is 0 Å². The number of nitrogens with zero attached hydrogens (tertiary/aromatic N) is 2. The maximum atomic E-state index is 6.10. The second-order valence-corrected chi connectivity index (χ2v) is 3.94. The third-order valence-corrected chi connectivity index (χ3v) is 2.50. The van der Waals surface area contributed by atoms with Crippen molar-refractivity contribution in [1.29, 1.82) is 0 Å². The first-order valence-corrected chi connectivity index (χ1v) is 5.67. The maximum absolute atomic E-state index is 6.10. The van der Waals surface area contributed by atoms with E-state index in [2.05, 4.69) is 18.1 Å². The Kier molecular flexibility index (Phi) is 4.85. The molecule has 0 amide bonds. The number of aromatic nitrogens is 2. The van der Waals surface area contributed by atoms with Crippen LogP contribution in [0.2, 0.25) is 5.02 Å². The van der Waals surface area contributed by atoms with Crippen molar-refractivity contribution in [3.8, 4) is 0 Å². The van der Waals surface area contributed by atoms with Crippen molar-refractivity contribution >= 4 is 17.2 Å². The summed E-state index contributed by atoms with van der Waals surface area (Å²) in [5, 5.41) is 4.96. The number of allylic oxidation sites excluding steroid dienone is 1. The van der Waals surface area contributed by atoms with Crippen molar-refractivity contribution in [1.82, 2.24) is 9.78 Å². The van der Waals surface area contributed by atoms with Crippen LogP contribution in [0.5, 0.6) is 0 Å². The molecule has 0 unspecified atom stereocenters. The molecular weight excluding hydrogens is 210 g/mol. The third kappa shape index (κ3) is 3.08. The molecule has 1 aromatic heterocycles. The van der Waals surface area contributed by atoms with Crippen molar-refractivity contribution in [2.45, 2.75) is 33.2 Å². The lowest BCUT2D eigenvalue weighted by Crippen LogP contribution is -2.03. The zero-order valence-corrected chi connectivity index (χ0v) is 10.1. The van der Waals surface area contributed by atoms with Crippen LogP contribution in [-0.4, -0.2) is 16.3 Å². The largest absolute Gasteiger partial charge is 0.330 e. The summed E-state index contributed by atoms with van der Waals surface area (Å²) in [5.41, 5.74) is 7.63. The summed E-state index contributed by atoms with van der Waals surface area (Å²) >= 11 is 6.10. The van der Waals surface area contributed by atoms with E-state index in [1.807, 2.05) is 11.6 Å². The second-order valence-electron chi connectivity index (χ2n) is 3.53. The summed E-state index contributed by atoms with van der Waals surface area (Å²) in [4.78, 5) is 0. The number of nitrogens with two attached hydrogens (primary N) is 1. The van der Waals surface area contributed by atoms with Crippen molar-refractivity contribution in [2.75, 3.05) is 6.54 Å². The van der Waals surface area contributed by atoms with Gasteiger partial charge in [-0.05, 0) is 31.9 Å². The van der Waals surface area contributed by atoms with Crippen molar-refractivity contribution in [3.05, 3.63) is 23.0 Å². The molecule has 0 radical (unpaired) electrons. The lowest BCUT2D eigenvalue weighted by atomic mass is 10.2. The number of halogens is 1. The van der Waals surface area contributed by atoms with E-state index in [0.29, 0.717) is 11.6 Å². The Bertz CT molecular complexity index is 342. The minimum atomic E-state index is 0.664. The van der Waals surface area contributed by atoms with Crippen LogP contribution in [-0.2, 0) is 6.54 Å². The van der Waals surface area contributed by atoms with Gasteiger partial charge < -0.3 is 5.73 Å². The molecule has 1 rings (SSSR count). The Balaban J connectivity index is 2.95. The molecule has 2 N–H and O–H groups in total.